The predicted octanol–water partition coefficient (Wildman–Crippen LogP) is 2.99. The monoisotopic (exact) mass is 371 g/mol. The molecule has 126 valence electrons. The fourth-order valence-electron chi connectivity index (χ4n) is 2.76. The zero-order valence-electron chi connectivity index (χ0n) is 13.4. The van der Waals surface area contributed by atoms with E-state index >= 15 is 0 Å². The number of carbonyl (C=O) groups is 1. The molecule has 0 radical (unpaired) electrons. The van der Waals surface area contributed by atoms with Crippen molar-refractivity contribution in [1.29, 1.82) is 0 Å². The molecular formula is C17H14ClN5OS. The highest BCUT2D eigenvalue weighted by atomic mass is 35.5. The van der Waals surface area contributed by atoms with Gasteiger partial charge in [-0.15, -0.1) is 16.4 Å². The second-order valence-electron chi connectivity index (χ2n) is 5.56. The summed E-state index contributed by atoms with van der Waals surface area (Å²) in [5.74, 6) is -0.0601. The SMILES string of the molecule is CCc1cc2c(s1)-n1nc(C(N)=O)nc1CN=C2c1ccccc1Cl. The standard InChI is InChI=1S/C17H14ClN5OS/c1-2-9-7-11-14(10-5-3-4-6-12(10)18)20-8-13-21-16(15(19)24)22-23(13)17(11)25-9/h3-7H,2,8H2,1H3,(H2,19,24). The van der Waals surface area contributed by atoms with E-state index in [9.17, 15) is 4.79 Å². The second kappa shape index (κ2) is 6.09. The van der Waals surface area contributed by atoms with Crippen molar-refractivity contribution in [2.75, 3.05) is 0 Å². The van der Waals surface area contributed by atoms with Crippen molar-refractivity contribution in [2.45, 2.75) is 19.9 Å². The fourth-order valence-corrected chi connectivity index (χ4v) is 4.06. The van der Waals surface area contributed by atoms with E-state index in [0.29, 0.717) is 17.4 Å². The number of aryl methyl sites for hydroxylation is 1. The van der Waals surface area contributed by atoms with Gasteiger partial charge in [0.25, 0.3) is 5.91 Å². The molecule has 0 fully saturated rings. The summed E-state index contributed by atoms with van der Waals surface area (Å²) >= 11 is 8.00. The van der Waals surface area contributed by atoms with Gasteiger partial charge in [0.05, 0.1) is 12.3 Å². The van der Waals surface area contributed by atoms with Crippen LogP contribution >= 0.6 is 22.9 Å². The number of hydrogen-bond acceptors (Lipinski definition) is 5. The number of aliphatic imine (C=N–C) groups is 1. The number of amides is 1. The van der Waals surface area contributed by atoms with E-state index < -0.39 is 5.91 Å². The van der Waals surface area contributed by atoms with E-state index in [2.05, 4.69) is 23.1 Å². The molecule has 4 rings (SSSR count). The van der Waals surface area contributed by atoms with Gasteiger partial charge in [-0.1, -0.05) is 36.7 Å². The van der Waals surface area contributed by atoms with Crippen LogP contribution in [0.5, 0.6) is 0 Å². The number of aromatic nitrogens is 3. The number of halogens is 1. The Morgan fingerprint density at radius 2 is 2.16 bits per heavy atom. The molecule has 0 bridgehead atoms. The topological polar surface area (TPSA) is 86.2 Å². The van der Waals surface area contributed by atoms with Crippen LogP contribution in [0.2, 0.25) is 5.02 Å². The fraction of sp³-hybridized carbons (Fsp3) is 0.176. The molecule has 3 heterocycles. The van der Waals surface area contributed by atoms with Crippen LogP contribution in [0.15, 0.2) is 35.3 Å². The summed E-state index contributed by atoms with van der Waals surface area (Å²) in [5, 5.41) is 5.80. The summed E-state index contributed by atoms with van der Waals surface area (Å²) in [4.78, 5) is 21.6. The zero-order chi connectivity index (χ0) is 17.6. The predicted molar refractivity (Wildman–Crippen MR) is 97.9 cm³/mol. The average Bonchev–Trinajstić information content (AvgIpc) is 3.18. The largest absolute Gasteiger partial charge is 0.363 e. The van der Waals surface area contributed by atoms with Gasteiger partial charge in [0.1, 0.15) is 5.00 Å². The van der Waals surface area contributed by atoms with Crippen LogP contribution in [0.3, 0.4) is 0 Å². The van der Waals surface area contributed by atoms with Gasteiger partial charge in [0.15, 0.2) is 5.82 Å². The number of hydrogen-bond donors (Lipinski definition) is 1. The van der Waals surface area contributed by atoms with Crippen LogP contribution in [0.25, 0.3) is 5.00 Å². The minimum atomic E-state index is -0.648. The van der Waals surface area contributed by atoms with Crippen LogP contribution in [-0.4, -0.2) is 26.4 Å². The van der Waals surface area contributed by atoms with Crippen molar-refractivity contribution in [3.8, 4) is 5.00 Å². The van der Waals surface area contributed by atoms with E-state index in [-0.39, 0.29) is 5.82 Å². The summed E-state index contributed by atoms with van der Waals surface area (Å²) in [6, 6.07) is 9.72. The number of primary amides is 1. The smallest absolute Gasteiger partial charge is 0.288 e. The molecule has 1 amide bonds. The molecule has 3 aromatic rings. The lowest BCUT2D eigenvalue weighted by molar-refractivity contribution is 0.0990. The van der Waals surface area contributed by atoms with Crippen molar-refractivity contribution in [3.63, 3.8) is 0 Å². The summed E-state index contributed by atoms with van der Waals surface area (Å²) in [6.07, 6.45) is 0.889. The Balaban J connectivity index is 1.95. The molecule has 0 unspecified atom stereocenters. The molecule has 1 aliphatic rings. The highest BCUT2D eigenvalue weighted by Gasteiger charge is 2.26. The number of nitrogens with two attached hydrogens (primary N) is 1. The summed E-state index contributed by atoms with van der Waals surface area (Å²) in [5.41, 5.74) is 7.94. The van der Waals surface area contributed by atoms with Crippen LogP contribution in [0.4, 0.5) is 0 Å². The van der Waals surface area contributed by atoms with Crippen LogP contribution < -0.4 is 5.73 Å². The molecule has 0 atom stereocenters. The lowest BCUT2D eigenvalue weighted by Crippen LogP contribution is -2.13. The van der Waals surface area contributed by atoms with Crippen molar-refractivity contribution in [3.05, 3.63) is 63.0 Å². The van der Waals surface area contributed by atoms with Crippen molar-refractivity contribution >= 4 is 34.6 Å². The molecule has 2 N–H and O–H groups in total. The molecule has 2 aromatic heterocycles. The number of benzene rings is 1. The van der Waals surface area contributed by atoms with Gasteiger partial charge >= 0.3 is 0 Å². The minimum Gasteiger partial charge on any atom is -0.363 e. The highest BCUT2D eigenvalue weighted by molar-refractivity contribution is 7.15. The van der Waals surface area contributed by atoms with E-state index in [1.165, 1.54) is 4.88 Å². The Morgan fingerprint density at radius 1 is 1.36 bits per heavy atom. The Hall–Kier alpha value is -2.51. The van der Waals surface area contributed by atoms with E-state index in [1.54, 1.807) is 16.0 Å². The van der Waals surface area contributed by atoms with Crippen LogP contribution in [0, 0.1) is 0 Å². The molecule has 8 heteroatoms. The van der Waals surface area contributed by atoms with Gasteiger partial charge < -0.3 is 5.73 Å². The van der Waals surface area contributed by atoms with E-state index in [0.717, 1.165) is 28.3 Å². The molecule has 25 heavy (non-hydrogen) atoms. The quantitative estimate of drug-likeness (QED) is 0.767. The molecule has 1 aliphatic heterocycles. The average molecular weight is 372 g/mol. The van der Waals surface area contributed by atoms with Crippen molar-refractivity contribution in [2.24, 2.45) is 10.7 Å². The Morgan fingerprint density at radius 3 is 2.88 bits per heavy atom. The highest BCUT2D eigenvalue weighted by Crippen LogP contribution is 2.33. The van der Waals surface area contributed by atoms with Crippen molar-refractivity contribution < 1.29 is 4.79 Å². The molecular weight excluding hydrogens is 358 g/mol. The lowest BCUT2D eigenvalue weighted by Gasteiger charge is -2.07. The minimum absolute atomic E-state index is 0.00351. The summed E-state index contributed by atoms with van der Waals surface area (Å²) < 4.78 is 1.67. The molecule has 0 saturated heterocycles. The normalized spacial score (nSPS) is 13.0. The Kier molecular flexibility index (Phi) is 3.89. The maximum absolute atomic E-state index is 11.4. The Bertz CT molecular complexity index is 1020. The lowest BCUT2D eigenvalue weighted by atomic mass is 10.0. The third kappa shape index (κ3) is 2.65. The number of fused-ring (bicyclic) bond motifs is 3. The molecule has 0 spiro atoms. The number of carbonyl (C=O) groups excluding carboxylic acids is 1. The number of thiophene rings is 1. The third-order valence-corrected chi connectivity index (χ3v) is 5.55. The maximum atomic E-state index is 11.4. The summed E-state index contributed by atoms with van der Waals surface area (Å²) in [6.45, 7) is 2.39. The molecule has 0 aliphatic carbocycles. The Labute approximate surface area is 153 Å². The molecule has 6 nitrogen and oxygen atoms in total. The third-order valence-electron chi connectivity index (χ3n) is 3.96. The first-order valence-corrected chi connectivity index (χ1v) is 8.96. The first-order chi connectivity index (χ1) is 12.1. The van der Waals surface area contributed by atoms with Crippen LogP contribution in [-0.2, 0) is 13.0 Å². The first-order valence-electron chi connectivity index (χ1n) is 7.77. The molecule has 1 aromatic carbocycles. The van der Waals surface area contributed by atoms with Crippen molar-refractivity contribution in [1.82, 2.24) is 14.8 Å². The van der Waals surface area contributed by atoms with Gasteiger partial charge in [-0.25, -0.2) is 9.67 Å². The maximum Gasteiger partial charge on any atom is 0.288 e. The van der Waals surface area contributed by atoms with Gasteiger partial charge in [-0.3, -0.25) is 9.79 Å². The van der Waals surface area contributed by atoms with E-state index in [1.807, 2.05) is 24.3 Å². The first kappa shape index (κ1) is 16.0. The molecule has 0 saturated carbocycles. The van der Waals surface area contributed by atoms with Gasteiger partial charge in [0.2, 0.25) is 5.82 Å². The van der Waals surface area contributed by atoms with E-state index in [4.69, 9.17) is 22.3 Å². The van der Waals surface area contributed by atoms with Gasteiger partial charge in [-0.2, -0.15) is 0 Å². The van der Waals surface area contributed by atoms with Crippen LogP contribution in [0.1, 0.15) is 39.4 Å². The summed E-state index contributed by atoms with van der Waals surface area (Å²) in [7, 11) is 0. The number of rotatable bonds is 3. The second-order valence-corrected chi connectivity index (χ2v) is 7.08. The number of nitrogens with zero attached hydrogens (tertiary/aromatic N) is 4. The van der Waals surface area contributed by atoms with Gasteiger partial charge in [-0.05, 0) is 18.6 Å². The zero-order valence-corrected chi connectivity index (χ0v) is 14.9. The van der Waals surface area contributed by atoms with Gasteiger partial charge in [0, 0.05) is 21.0 Å².